The van der Waals surface area contributed by atoms with E-state index in [1.807, 2.05) is 0 Å². The standard InChI is InChI=1S/C11H13FN4O2S/c1-7-10(12)2-9(3-11(7)13)19(17,18)16-5-8-4-14-6-15-8/h2-4,6,16H,5,13H2,1H3,(H,14,15). The zero-order chi connectivity index (χ0) is 14.0. The van der Waals surface area contributed by atoms with Gasteiger partial charge >= 0.3 is 0 Å². The van der Waals surface area contributed by atoms with E-state index in [-0.39, 0.29) is 22.7 Å². The lowest BCUT2D eigenvalue weighted by molar-refractivity contribution is 0.576. The minimum Gasteiger partial charge on any atom is -0.398 e. The molecule has 19 heavy (non-hydrogen) atoms. The van der Waals surface area contributed by atoms with Crippen LogP contribution in [0.5, 0.6) is 0 Å². The van der Waals surface area contributed by atoms with E-state index in [9.17, 15) is 12.8 Å². The Kier molecular flexibility index (Phi) is 3.54. The highest BCUT2D eigenvalue weighted by atomic mass is 32.2. The first-order valence-electron chi connectivity index (χ1n) is 5.42. The smallest absolute Gasteiger partial charge is 0.241 e. The number of sulfonamides is 1. The quantitative estimate of drug-likeness (QED) is 0.727. The second-order valence-electron chi connectivity index (χ2n) is 4.02. The number of benzene rings is 1. The maximum atomic E-state index is 13.5. The molecule has 0 atom stereocenters. The fourth-order valence-electron chi connectivity index (χ4n) is 1.47. The summed E-state index contributed by atoms with van der Waals surface area (Å²) in [5.74, 6) is -0.651. The van der Waals surface area contributed by atoms with Gasteiger partial charge in [-0.2, -0.15) is 0 Å². The maximum Gasteiger partial charge on any atom is 0.241 e. The van der Waals surface area contributed by atoms with Gasteiger partial charge < -0.3 is 10.7 Å². The molecule has 2 rings (SSSR count). The fraction of sp³-hybridized carbons (Fsp3) is 0.182. The van der Waals surface area contributed by atoms with Crippen molar-refractivity contribution in [2.24, 2.45) is 0 Å². The average Bonchev–Trinajstić information content (AvgIpc) is 2.86. The Balaban J connectivity index is 2.24. The van der Waals surface area contributed by atoms with E-state index in [4.69, 9.17) is 5.73 Å². The van der Waals surface area contributed by atoms with Gasteiger partial charge in [-0.15, -0.1) is 0 Å². The highest BCUT2D eigenvalue weighted by molar-refractivity contribution is 7.89. The summed E-state index contributed by atoms with van der Waals surface area (Å²) in [6.45, 7) is 1.52. The Hall–Kier alpha value is -1.93. The van der Waals surface area contributed by atoms with Crippen molar-refractivity contribution < 1.29 is 12.8 Å². The van der Waals surface area contributed by atoms with Crippen molar-refractivity contribution >= 4 is 15.7 Å². The maximum absolute atomic E-state index is 13.5. The van der Waals surface area contributed by atoms with Gasteiger partial charge in [0.1, 0.15) is 5.82 Å². The molecule has 0 unspecified atom stereocenters. The van der Waals surface area contributed by atoms with Crippen LogP contribution in [0, 0.1) is 12.7 Å². The molecular formula is C11H13FN4O2S. The molecule has 0 amide bonds. The van der Waals surface area contributed by atoms with Crippen molar-refractivity contribution in [3.05, 3.63) is 41.7 Å². The second-order valence-corrected chi connectivity index (χ2v) is 5.79. The van der Waals surface area contributed by atoms with Crippen molar-refractivity contribution in [2.45, 2.75) is 18.4 Å². The SMILES string of the molecule is Cc1c(N)cc(S(=O)(=O)NCc2cnc[nH]2)cc1F. The third-order valence-corrected chi connectivity index (χ3v) is 4.06. The van der Waals surface area contributed by atoms with Gasteiger partial charge in [-0.1, -0.05) is 0 Å². The summed E-state index contributed by atoms with van der Waals surface area (Å²) in [7, 11) is -3.82. The number of anilines is 1. The number of nitrogens with two attached hydrogens (primary N) is 1. The first kappa shape index (κ1) is 13.5. The highest BCUT2D eigenvalue weighted by Gasteiger charge is 2.17. The Labute approximate surface area is 109 Å². The predicted octanol–water partition coefficient (Wildman–Crippen LogP) is 0.918. The third-order valence-electron chi connectivity index (χ3n) is 2.68. The van der Waals surface area contributed by atoms with Gasteiger partial charge in [0.15, 0.2) is 0 Å². The Bertz CT molecular complexity index is 660. The van der Waals surface area contributed by atoms with Crippen LogP contribution in [0.25, 0.3) is 0 Å². The molecule has 2 aromatic rings. The molecule has 6 nitrogen and oxygen atoms in total. The summed E-state index contributed by atoms with van der Waals surface area (Å²) in [6.07, 6.45) is 2.93. The molecule has 1 aromatic carbocycles. The Morgan fingerprint density at radius 1 is 1.47 bits per heavy atom. The molecule has 0 aliphatic heterocycles. The minimum absolute atomic E-state index is 0.0394. The minimum atomic E-state index is -3.82. The van der Waals surface area contributed by atoms with Gasteiger partial charge in [0.05, 0.1) is 17.8 Å². The van der Waals surface area contributed by atoms with Crippen LogP contribution in [0.4, 0.5) is 10.1 Å². The summed E-state index contributed by atoms with van der Waals surface area (Å²) in [4.78, 5) is 6.32. The number of imidazole rings is 1. The summed E-state index contributed by atoms with van der Waals surface area (Å²) in [6, 6.07) is 2.18. The van der Waals surface area contributed by atoms with Crippen LogP contribution in [-0.4, -0.2) is 18.4 Å². The Morgan fingerprint density at radius 3 is 2.79 bits per heavy atom. The van der Waals surface area contributed by atoms with E-state index >= 15 is 0 Å². The molecular weight excluding hydrogens is 271 g/mol. The first-order valence-corrected chi connectivity index (χ1v) is 6.91. The monoisotopic (exact) mass is 284 g/mol. The van der Waals surface area contributed by atoms with Gasteiger partial charge in [-0.25, -0.2) is 22.5 Å². The molecule has 0 fully saturated rings. The molecule has 0 aliphatic rings. The van der Waals surface area contributed by atoms with E-state index in [1.165, 1.54) is 25.5 Å². The number of nitrogens with one attached hydrogen (secondary N) is 2. The van der Waals surface area contributed by atoms with Crippen LogP contribution in [0.15, 0.2) is 29.6 Å². The van der Waals surface area contributed by atoms with E-state index < -0.39 is 15.8 Å². The van der Waals surface area contributed by atoms with Crippen molar-refractivity contribution in [1.29, 1.82) is 0 Å². The Morgan fingerprint density at radius 2 is 2.21 bits per heavy atom. The molecule has 102 valence electrons. The van der Waals surface area contributed by atoms with E-state index in [0.717, 1.165) is 6.07 Å². The van der Waals surface area contributed by atoms with Crippen LogP contribution >= 0.6 is 0 Å². The fourth-order valence-corrected chi connectivity index (χ4v) is 2.52. The molecule has 0 aliphatic carbocycles. The lowest BCUT2D eigenvalue weighted by Crippen LogP contribution is -2.23. The van der Waals surface area contributed by atoms with E-state index in [0.29, 0.717) is 5.69 Å². The van der Waals surface area contributed by atoms with Crippen LogP contribution in [0.3, 0.4) is 0 Å². The molecule has 0 bridgehead atoms. The van der Waals surface area contributed by atoms with Gasteiger partial charge in [-0.3, -0.25) is 0 Å². The summed E-state index contributed by atoms with van der Waals surface area (Å²) >= 11 is 0. The molecule has 0 saturated heterocycles. The lowest BCUT2D eigenvalue weighted by atomic mass is 10.2. The topological polar surface area (TPSA) is 101 Å². The summed E-state index contributed by atoms with van der Waals surface area (Å²) in [5, 5.41) is 0. The number of hydrogen-bond donors (Lipinski definition) is 3. The third kappa shape index (κ3) is 2.91. The summed E-state index contributed by atoms with van der Waals surface area (Å²) in [5.41, 5.74) is 6.49. The molecule has 1 heterocycles. The molecule has 4 N–H and O–H groups in total. The largest absolute Gasteiger partial charge is 0.398 e. The number of hydrogen-bond acceptors (Lipinski definition) is 4. The van der Waals surface area contributed by atoms with Crippen LogP contribution in [0.1, 0.15) is 11.3 Å². The van der Waals surface area contributed by atoms with Gasteiger partial charge in [-0.05, 0) is 19.1 Å². The number of halogens is 1. The van der Waals surface area contributed by atoms with Crippen LogP contribution in [0.2, 0.25) is 0 Å². The van der Waals surface area contributed by atoms with Gasteiger partial charge in [0, 0.05) is 23.1 Å². The number of aromatic amines is 1. The number of aromatic nitrogens is 2. The van der Waals surface area contributed by atoms with E-state index in [2.05, 4.69) is 14.7 Å². The molecule has 0 radical (unpaired) electrons. The molecule has 0 saturated carbocycles. The summed E-state index contributed by atoms with van der Waals surface area (Å²) < 4.78 is 39.8. The van der Waals surface area contributed by atoms with Crippen LogP contribution < -0.4 is 10.5 Å². The molecule has 8 heteroatoms. The zero-order valence-electron chi connectivity index (χ0n) is 10.1. The van der Waals surface area contributed by atoms with Crippen molar-refractivity contribution in [3.8, 4) is 0 Å². The first-order chi connectivity index (χ1) is 8.90. The zero-order valence-corrected chi connectivity index (χ0v) is 11.0. The predicted molar refractivity (Wildman–Crippen MR) is 68.2 cm³/mol. The number of H-pyrrole nitrogens is 1. The van der Waals surface area contributed by atoms with Crippen molar-refractivity contribution in [2.75, 3.05) is 5.73 Å². The van der Waals surface area contributed by atoms with Gasteiger partial charge in [0.2, 0.25) is 10.0 Å². The molecule has 1 aromatic heterocycles. The number of rotatable bonds is 4. The average molecular weight is 284 g/mol. The van der Waals surface area contributed by atoms with Crippen molar-refractivity contribution in [3.63, 3.8) is 0 Å². The number of nitrogens with zero attached hydrogens (tertiary/aromatic N) is 1. The van der Waals surface area contributed by atoms with Gasteiger partial charge in [0.25, 0.3) is 0 Å². The highest BCUT2D eigenvalue weighted by Crippen LogP contribution is 2.20. The lowest BCUT2D eigenvalue weighted by Gasteiger charge is -2.08. The van der Waals surface area contributed by atoms with Crippen molar-refractivity contribution in [1.82, 2.24) is 14.7 Å². The number of nitrogen functional groups attached to an aromatic ring is 1. The molecule has 0 spiro atoms. The van der Waals surface area contributed by atoms with E-state index in [1.54, 1.807) is 0 Å². The van der Waals surface area contributed by atoms with Crippen LogP contribution in [-0.2, 0) is 16.6 Å². The normalized spacial score (nSPS) is 11.7. The second kappa shape index (κ2) is 4.98.